The van der Waals surface area contributed by atoms with E-state index in [9.17, 15) is 13.6 Å². The molecule has 1 fully saturated rings. The van der Waals surface area contributed by atoms with Crippen LogP contribution in [-0.4, -0.2) is 41.4 Å². The first kappa shape index (κ1) is 21.3. The molecule has 0 spiro atoms. The van der Waals surface area contributed by atoms with Gasteiger partial charge in [-0.05, 0) is 43.5 Å². The Morgan fingerprint density at radius 1 is 1.38 bits per heavy atom. The van der Waals surface area contributed by atoms with Crippen molar-refractivity contribution in [3.8, 4) is 0 Å². The van der Waals surface area contributed by atoms with Crippen molar-refractivity contribution in [2.24, 2.45) is 5.92 Å². The molecule has 0 saturated carbocycles. The van der Waals surface area contributed by atoms with Crippen molar-refractivity contribution < 1.29 is 16.4 Å². The number of pyridine rings is 2. The minimum absolute atomic E-state index is 0. The van der Waals surface area contributed by atoms with E-state index in [1.54, 1.807) is 31.3 Å². The van der Waals surface area contributed by atoms with Gasteiger partial charge in [-0.2, -0.15) is 0 Å². The fourth-order valence-corrected chi connectivity index (χ4v) is 3.76. The largest absolute Gasteiger partial charge is 0.354 e. The van der Waals surface area contributed by atoms with Crippen LogP contribution in [0.1, 0.15) is 57.4 Å². The van der Waals surface area contributed by atoms with Crippen LogP contribution in [0.15, 0.2) is 30.5 Å². The number of anilines is 1. The maximum atomic E-state index is 14.2. The molecule has 0 aromatic carbocycles. The van der Waals surface area contributed by atoms with E-state index in [1.165, 1.54) is 6.07 Å². The van der Waals surface area contributed by atoms with Crippen LogP contribution in [0, 0.1) is 12.8 Å². The average molecular weight is 407 g/mol. The Morgan fingerprint density at radius 2 is 2.14 bits per heavy atom. The van der Waals surface area contributed by atoms with E-state index < -0.39 is 11.7 Å². The molecule has 1 aliphatic rings. The standard InChI is InChI=1S/C22H28F2N4O.2H2/c1-14(2)12-16-13-28(11-10-26-16)19-8-7-18(22(4,23)24)20(27-19)21(29)17-6-5-9-25-15(17)3;;/h5-9,14,16,26H,10-13H2,1-4H3;2*1H/t16-;;/m0../s1. The zero-order chi connectivity index (χ0) is 21.2. The van der Waals surface area contributed by atoms with Gasteiger partial charge in [-0.3, -0.25) is 9.78 Å². The average Bonchev–Trinajstić information content (AvgIpc) is 2.66. The van der Waals surface area contributed by atoms with Gasteiger partial charge < -0.3 is 10.2 Å². The summed E-state index contributed by atoms with van der Waals surface area (Å²) in [5.74, 6) is -2.59. The summed E-state index contributed by atoms with van der Waals surface area (Å²) in [6.45, 7) is 9.05. The van der Waals surface area contributed by atoms with Gasteiger partial charge in [-0.1, -0.05) is 13.8 Å². The van der Waals surface area contributed by atoms with Gasteiger partial charge in [0, 0.05) is 52.9 Å². The van der Waals surface area contributed by atoms with Crippen molar-refractivity contribution in [3.63, 3.8) is 0 Å². The van der Waals surface area contributed by atoms with Crippen LogP contribution in [0.5, 0.6) is 0 Å². The van der Waals surface area contributed by atoms with E-state index in [1.807, 2.05) is 0 Å². The number of rotatable bonds is 6. The molecule has 0 unspecified atom stereocenters. The number of halogens is 2. The predicted molar refractivity (Wildman–Crippen MR) is 114 cm³/mol. The first-order chi connectivity index (χ1) is 13.7. The highest BCUT2D eigenvalue weighted by molar-refractivity contribution is 6.09. The zero-order valence-electron chi connectivity index (χ0n) is 17.4. The first-order valence-electron chi connectivity index (χ1n) is 10.0. The van der Waals surface area contributed by atoms with E-state index in [2.05, 4.69) is 34.0 Å². The third kappa shape index (κ3) is 4.96. The van der Waals surface area contributed by atoms with E-state index in [-0.39, 0.29) is 14.1 Å². The second-order valence-corrected chi connectivity index (χ2v) is 8.15. The van der Waals surface area contributed by atoms with Gasteiger partial charge in [-0.15, -0.1) is 0 Å². The summed E-state index contributed by atoms with van der Waals surface area (Å²) in [7, 11) is 0. The number of alkyl halides is 2. The van der Waals surface area contributed by atoms with Crippen LogP contribution in [0.2, 0.25) is 0 Å². The van der Waals surface area contributed by atoms with Gasteiger partial charge in [0.05, 0.1) is 5.56 Å². The molecule has 29 heavy (non-hydrogen) atoms. The van der Waals surface area contributed by atoms with Crippen LogP contribution < -0.4 is 10.2 Å². The lowest BCUT2D eigenvalue weighted by atomic mass is 9.99. The Hall–Kier alpha value is -2.41. The molecule has 0 amide bonds. The van der Waals surface area contributed by atoms with Gasteiger partial charge in [0.25, 0.3) is 5.92 Å². The Labute approximate surface area is 173 Å². The molecule has 5 nitrogen and oxygen atoms in total. The Bertz CT molecular complexity index is 890. The maximum absolute atomic E-state index is 14.2. The molecular weight excluding hydrogens is 374 g/mol. The number of hydrogen-bond acceptors (Lipinski definition) is 5. The van der Waals surface area contributed by atoms with E-state index >= 15 is 0 Å². The van der Waals surface area contributed by atoms with E-state index in [0.717, 1.165) is 26.4 Å². The Morgan fingerprint density at radius 3 is 2.79 bits per heavy atom. The number of carbonyl (C=O) groups is 1. The molecule has 0 radical (unpaired) electrons. The van der Waals surface area contributed by atoms with Crippen molar-refractivity contribution in [3.05, 3.63) is 53.0 Å². The fraction of sp³-hybridized carbons (Fsp3) is 0.500. The van der Waals surface area contributed by atoms with Gasteiger partial charge in [0.2, 0.25) is 5.78 Å². The summed E-state index contributed by atoms with van der Waals surface area (Å²) in [5, 5.41) is 3.49. The van der Waals surface area contributed by atoms with Crippen molar-refractivity contribution in [2.45, 2.75) is 46.1 Å². The molecule has 0 bridgehead atoms. The number of nitrogens with zero attached hydrogens (tertiary/aromatic N) is 3. The Balaban J connectivity index is 0.00000240. The van der Waals surface area contributed by atoms with Gasteiger partial charge in [0.1, 0.15) is 11.5 Å². The topological polar surface area (TPSA) is 58.1 Å². The molecular formula is C22H32F2N4O. The molecule has 1 atom stereocenters. The van der Waals surface area contributed by atoms with E-state index in [0.29, 0.717) is 35.6 Å². The molecule has 3 heterocycles. The molecule has 2 aromatic heterocycles. The summed E-state index contributed by atoms with van der Waals surface area (Å²) in [5.41, 5.74) is 0.225. The summed E-state index contributed by atoms with van der Waals surface area (Å²) in [6.07, 6.45) is 2.59. The normalized spacial score (nSPS) is 17.6. The molecule has 2 aromatic rings. The summed E-state index contributed by atoms with van der Waals surface area (Å²) in [4.78, 5) is 23.7. The zero-order valence-corrected chi connectivity index (χ0v) is 17.4. The van der Waals surface area contributed by atoms with Crippen LogP contribution in [0.3, 0.4) is 0 Å². The van der Waals surface area contributed by atoms with Crippen LogP contribution in [-0.2, 0) is 5.92 Å². The predicted octanol–water partition coefficient (Wildman–Crippen LogP) is 4.44. The number of ketones is 1. The van der Waals surface area contributed by atoms with Crippen molar-refractivity contribution in [2.75, 3.05) is 24.5 Å². The third-order valence-electron chi connectivity index (χ3n) is 5.16. The fourth-order valence-electron chi connectivity index (χ4n) is 3.76. The monoisotopic (exact) mass is 406 g/mol. The second-order valence-electron chi connectivity index (χ2n) is 8.15. The van der Waals surface area contributed by atoms with Crippen LogP contribution >= 0.6 is 0 Å². The van der Waals surface area contributed by atoms with Crippen molar-refractivity contribution >= 4 is 11.6 Å². The Kier molecular flexibility index (Phi) is 6.27. The second kappa shape index (κ2) is 8.53. The quantitative estimate of drug-likeness (QED) is 0.719. The summed E-state index contributed by atoms with van der Waals surface area (Å²) >= 11 is 0. The molecule has 0 aliphatic carbocycles. The van der Waals surface area contributed by atoms with E-state index in [4.69, 9.17) is 0 Å². The minimum atomic E-state index is -3.17. The maximum Gasteiger partial charge on any atom is 0.272 e. The molecule has 7 heteroatoms. The lowest BCUT2D eigenvalue weighted by Gasteiger charge is -2.35. The number of nitrogens with one attached hydrogen (secondary N) is 1. The number of hydrogen-bond donors (Lipinski definition) is 1. The van der Waals surface area contributed by atoms with Crippen molar-refractivity contribution in [1.82, 2.24) is 15.3 Å². The van der Waals surface area contributed by atoms with Crippen LogP contribution in [0.4, 0.5) is 14.6 Å². The number of piperazine rings is 1. The smallest absolute Gasteiger partial charge is 0.272 e. The number of aryl methyl sites for hydroxylation is 1. The number of carbonyl (C=O) groups excluding carboxylic acids is 1. The highest BCUT2D eigenvalue weighted by Crippen LogP contribution is 2.32. The van der Waals surface area contributed by atoms with Gasteiger partial charge in [-0.25, -0.2) is 13.8 Å². The van der Waals surface area contributed by atoms with Crippen LogP contribution in [0.25, 0.3) is 0 Å². The lowest BCUT2D eigenvalue weighted by Crippen LogP contribution is -2.51. The molecule has 1 saturated heterocycles. The molecule has 1 aliphatic heterocycles. The molecule has 160 valence electrons. The number of aromatic nitrogens is 2. The summed E-state index contributed by atoms with van der Waals surface area (Å²) in [6, 6.07) is 6.45. The third-order valence-corrected chi connectivity index (χ3v) is 5.16. The SMILES string of the molecule is Cc1ncccc1C(=O)c1nc(N2CCN[C@@H](CC(C)C)C2)ccc1C(C)(F)F.[HH].[HH]. The minimum Gasteiger partial charge on any atom is -0.354 e. The lowest BCUT2D eigenvalue weighted by molar-refractivity contribution is 0.0161. The highest BCUT2D eigenvalue weighted by atomic mass is 19.3. The van der Waals surface area contributed by atoms with Crippen molar-refractivity contribution in [1.29, 1.82) is 0 Å². The van der Waals surface area contributed by atoms with Gasteiger partial charge in [0.15, 0.2) is 0 Å². The highest BCUT2D eigenvalue weighted by Gasteiger charge is 2.33. The first-order valence-corrected chi connectivity index (χ1v) is 10.0. The van der Waals surface area contributed by atoms with Gasteiger partial charge >= 0.3 is 0 Å². The molecule has 3 rings (SSSR count). The summed E-state index contributed by atoms with van der Waals surface area (Å²) < 4.78 is 28.5. The molecule has 1 N–H and O–H groups in total.